The number of amides is 1. The van der Waals surface area contributed by atoms with Crippen molar-refractivity contribution >= 4 is 11.6 Å². The van der Waals surface area contributed by atoms with E-state index in [4.69, 9.17) is 11.5 Å². The van der Waals surface area contributed by atoms with Gasteiger partial charge in [0.15, 0.2) is 5.82 Å². The molecule has 0 aliphatic carbocycles. The van der Waals surface area contributed by atoms with Gasteiger partial charge in [0, 0.05) is 16.8 Å². The number of nitrogens with two attached hydrogens (primary N) is 2. The molecule has 0 aliphatic heterocycles. The molecule has 0 atom stereocenters. The van der Waals surface area contributed by atoms with E-state index in [9.17, 15) is 4.79 Å². The highest BCUT2D eigenvalue weighted by Gasteiger charge is 2.06. The minimum Gasteiger partial charge on any atom is -0.399 e. The first kappa shape index (κ1) is 12.9. The van der Waals surface area contributed by atoms with Crippen LogP contribution in [0.4, 0.5) is 5.69 Å². The zero-order valence-corrected chi connectivity index (χ0v) is 11.1. The second-order valence-corrected chi connectivity index (χ2v) is 4.55. The molecule has 0 bridgehead atoms. The van der Waals surface area contributed by atoms with Gasteiger partial charge in [0.25, 0.3) is 0 Å². The molecule has 1 amide bonds. The predicted molar refractivity (Wildman–Crippen MR) is 79.7 cm³/mol. The van der Waals surface area contributed by atoms with Crippen LogP contribution in [0.3, 0.4) is 0 Å². The van der Waals surface area contributed by atoms with E-state index in [-0.39, 0.29) is 0 Å². The van der Waals surface area contributed by atoms with Gasteiger partial charge in [0.2, 0.25) is 5.91 Å². The summed E-state index contributed by atoms with van der Waals surface area (Å²) in [5.41, 5.74) is 13.7. The maximum absolute atomic E-state index is 11.0. The highest BCUT2D eigenvalue weighted by atomic mass is 16.1. The average molecular weight is 279 g/mol. The lowest BCUT2D eigenvalue weighted by Gasteiger charge is -2.01. The monoisotopic (exact) mass is 279 g/mol. The number of hydrogen-bond acceptors (Lipinski definition) is 4. The van der Waals surface area contributed by atoms with Crippen LogP contribution >= 0.6 is 0 Å². The van der Waals surface area contributed by atoms with E-state index in [0.29, 0.717) is 17.1 Å². The number of rotatable bonds is 3. The van der Waals surface area contributed by atoms with Gasteiger partial charge < -0.3 is 11.5 Å². The molecular formula is C15H13N5O. The average Bonchev–Trinajstić information content (AvgIpc) is 2.97. The van der Waals surface area contributed by atoms with Gasteiger partial charge in [0.05, 0.1) is 5.69 Å². The maximum Gasteiger partial charge on any atom is 0.248 e. The fourth-order valence-corrected chi connectivity index (χ4v) is 1.98. The number of anilines is 1. The van der Waals surface area contributed by atoms with E-state index in [1.54, 1.807) is 35.3 Å². The quantitative estimate of drug-likeness (QED) is 0.711. The Kier molecular flexibility index (Phi) is 3.12. The largest absolute Gasteiger partial charge is 0.399 e. The van der Waals surface area contributed by atoms with Crippen LogP contribution in [0.5, 0.6) is 0 Å². The van der Waals surface area contributed by atoms with Crippen LogP contribution in [0.2, 0.25) is 0 Å². The summed E-state index contributed by atoms with van der Waals surface area (Å²) in [5, 5.41) is 4.40. The molecule has 4 N–H and O–H groups in total. The molecule has 21 heavy (non-hydrogen) atoms. The normalized spacial score (nSPS) is 10.5. The Balaban J connectivity index is 1.93. The molecule has 0 saturated heterocycles. The van der Waals surface area contributed by atoms with Gasteiger partial charge in [0.1, 0.15) is 6.33 Å². The van der Waals surface area contributed by atoms with Crippen molar-refractivity contribution in [2.75, 3.05) is 5.73 Å². The molecule has 0 fully saturated rings. The standard InChI is InChI=1S/C15H13N5O/c16-12-3-1-2-11(8-12)15-18-9-20(19-15)13-6-4-10(5-7-13)14(17)21/h1-9H,16H2,(H2,17,21). The van der Waals surface area contributed by atoms with E-state index in [1.807, 2.05) is 24.3 Å². The van der Waals surface area contributed by atoms with Crippen molar-refractivity contribution in [3.05, 3.63) is 60.4 Å². The Morgan fingerprint density at radius 3 is 2.52 bits per heavy atom. The van der Waals surface area contributed by atoms with E-state index in [1.165, 1.54) is 0 Å². The smallest absolute Gasteiger partial charge is 0.248 e. The highest BCUT2D eigenvalue weighted by Crippen LogP contribution is 2.18. The number of nitrogens with zero attached hydrogens (tertiary/aromatic N) is 3. The number of hydrogen-bond donors (Lipinski definition) is 2. The van der Waals surface area contributed by atoms with E-state index in [0.717, 1.165) is 11.3 Å². The topological polar surface area (TPSA) is 99.8 Å². The second kappa shape index (κ2) is 5.09. The molecule has 104 valence electrons. The van der Waals surface area contributed by atoms with Crippen molar-refractivity contribution in [1.82, 2.24) is 14.8 Å². The van der Waals surface area contributed by atoms with Crippen molar-refractivity contribution < 1.29 is 4.79 Å². The summed E-state index contributed by atoms with van der Waals surface area (Å²) in [6.45, 7) is 0. The summed E-state index contributed by atoms with van der Waals surface area (Å²) < 4.78 is 1.63. The summed E-state index contributed by atoms with van der Waals surface area (Å²) in [5.74, 6) is 0.127. The van der Waals surface area contributed by atoms with E-state index in [2.05, 4.69) is 10.1 Å². The van der Waals surface area contributed by atoms with Crippen LogP contribution in [0.1, 0.15) is 10.4 Å². The third-order valence-corrected chi connectivity index (χ3v) is 3.05. The zero-order valence-electron chi connectivity index (χ0n) is 11.1. The molecule has 0 aliphatic rings. The number of aromatic nitrogens is 3. The van der Waals surface area contributed by atoms with Crippen LogP contribution < -0.4 is 11.5 Å². The second-order valence-electron chi connectivity index (χ2n) is 4.55. The first-order chi connectivity index (χ1) is 10.1. The van der Waals surface area contributed by atoms with Gasteiger partial charge in [-0.15, -0.1) is 5.10 Å². The van der Waals surface area contributed by atoms with Crippen LogP contribution in [0, 0.1) is 0 Å². The van der Waals surface area contributed by atoms with Gasteiger partial charge >= 0.3 is 0 Å². The van der Waals surface area contributed by atoms with Crippen LogP contribution in [-0.2, 0) is 0 Å². The highest BCUT2D eigenvalue weighted by molar-refractivity contribution is 5.92. The summed E-state index contributed by atoms with van der Waals surface area (Å²) in [7, 11) is 0. The Hall–Kier alpha value is -3.15. The molecular weight excluding hydrogens is 266 g/mol. The van der Waals surface area contributed by atoms with Crippen molar-refractivity contribution in [3.8, 4) is 17.1 Å². The van der Waals surface area contributed by atoms with Gasteiger partial charge in [-0.1, -0.05) is 12.1 Å². The third-order valence-electron chi connectivity index (χ3n) is 3.05. The van der Waals surface area contributed by atoms with Crippen molar-refractivity contribution in [1.29, 1.82) is 0 Å². The summed E-state index contributed by atoms with van der Waals surface area (Å²) in [6, 6.07) is 14.2. The number of benzene rings is 2. The molecule has 1 heterocycles. The minimum absolute atomic E-state index is 0.454. The first-order valence-corrected chi connectivity index (χ1v) is 6.31. The lowest BCUT2D eigenvalue weighted by molar-refractivity contribution is 0.100. The predicted octanol–water partition coefficient (Wildman–Crippen LogP) is 1.62. The molecule has 6 heteroatoms. The molecule has 0 radical (unpaired) electrons. The Morgan fingerprint density at radius 2 is 1.86 bits per heavy atom. The lowest BCUT2D eigenvalue weighted by atomic mass is 10.2. The fourth-order valence-electron chi connectivity index (χ4n) is 1.98. The first-order valence-electron chi connectivity index (χ1n) is 6.31. The van der Waals surface area contributed by atoms with Crippen molar-refractivity contribution in [3.63, 3.8) is 0 Å². The van der Waals surface area contributed by atoms with Crippen LogP contribution in [-0.4, -0.2) is 20.7 Å². The molecule has 1 aromatic heterocycles. The zero-order chi connectivity index (χ0) is 14.8. The lowest BCUT2D eigenvalue weighted by Crippen LogP contribution is -2.10. The van der Waals surface area contributed by atoms with Crippen LogP contribution in [0.25, 0.3) is 17.1 Å². The van der Waals surface area contributed by atoms with E-state index >= 15 is 0 Å². The van der Waals surface area contributed by atoms with Gasteiger partial charge in [-0.05, 0) is 36.4 Å². The van der Waals surface area contributed by atoms with Gasteiger partial charge in [-0.3, -0.25) is 4.79 Å². The molecule has 0 spiro atoms. The van der Waals surface area contributed by atoms with Gasteiger partial charge in [-0.25, -0.2) is 9.67 Å². The molecule has 3 aromatic rings. The van der Waals surface area contributed by atoms with Crippen LogP contribution in [0.15, 0.2) is 54.9 Å². The third kappa shape index (κ3) is 2.59. The Labute approximate surface area is 121 Å². The van der Waals surface area contributed by atoms with Crippen molar-refractivity contribution in [2.24, 2.45) is 5.73 Å². The number of carbonyl (C=O) groups excluding carboxylic acids is 1. The molecule has 0 unspecified atom stereocenters. The van der Waals surface area contributed by atoms with Gasteiger partial charge in [-0.2, -0.15) is 0 Å². The Bertz CT molecular complexity index is 792. The molecule has 0 saturated carbocycles. The number of nitrogen functional groups attached to an aromatic ring is 1. The number of carbonyl (C=O) groups is 1. The molecule has 3 rings (SSSR count). The Morgan fingerprint density at radius 1 is 1.10 bits per heavy atom. The molecule has 6 nitrogen and oxygen atoms in total. The summed E-state index contributed by atoms with van der Waals surface area (Å²) in [4.78, 5) is 15.3. The molecule has 2 aromatic carbocycles. The fraction of sp³-hybridized carbons (Fsp3) is 0. The van der Waals surface area contributed by atoms with E-state index < -0.39 is 5.91 Å². The minimum atomic E-state index is -0.458. The van der Waals surface area contributed by atoms with Crippen molar-refractivity contribution in [2.45, 2.75) is 0 Å². The number of primary amides is 1. The SMILES string of the molecule is NC(=O)c1ccc(-n2cnc(-c3cccc(N)c3)n2)cc1. The summed E-state index contributed by atoms with van der Waals surface area (Å²) >= 11 is 0. The maximum atomic E-state index is 11.0. The summed E-state index contributed by atoms with van der Waals surface area (Å²) in [6.07, 6.45) is 1.61.